The first-order valence-electron chi connectivity index (χ1n) is 6.94. The van der Waals surface area contributed by atoms with E-state index in [0.717, 1.165) is 28.0 Å². The average molecular weight is 370 g/mol. The lowest BCUT2D eigenvalue weighted by atomic mass is 10.1. The van der Waals surface area contributed by atoms with Crippen LogP contribution in [-0.2, 0) is 11.2 Å². The Labute approximate surface area is 138 Å². The van der Waals surface area contributed by atoms with Gasteiger partial charge in [-0.3, -0.25) is 4.98 Å². The fourth-order valence-corrected chi connectivity index (χ4v) is 3.64. The summed E-state index contributed by atoms with van der Waals surface area (Å²) in [5, 5.41) is 4.59. The van der Waals surface area contributed by atoms with E-state index in [2.05, 4.69) is 46.1 Å². The Hall–Kier alpha value is -0.820. The molecule has 0 spiro atoms. The molecule has 1 N–H and O–H groups in total. The third-order valence-electron chi connectivity index (χ3n) is 3.21. The molecule has 0 aromatic carbocycles. The third-order valence-corrected chi connectivity index (χ3v) is 4.72. The van der Waals surface area contributed by atoms with Gasteiger partial charge in [-0.1, -0.05) is 6.92 Å². The molecule has 2 aromatic rings. The second-order valence-electron chi connectivity index (χ2n) is 4.72. The van der Waals surface area contributed by atoms with E-state index < -0.39 is 0 Å². The minimum atomic E-state index is 0.0501. The van der Waals surface area contributed by atoms with Crippen LogP contribution in [0, 0.1) is 6.92 Å². The number of methoxy groups -OCH3 is 1. The number of ether oxygens (including phenoxy) is 1. The number of pyridine rings is 1. The zero-order chi connectivity index (χ0) is 15.2. The number of hydrogen-bond acceptors (Lipinski definition) is 5. The van der Waals surface area contributed by atoms with Crippen molar-refractivity contribution in [1.82, 2.24) is 15.3 Å². The van der Waals surface area contributed by atoms with E-state index in [0.29, 0.717) is 6.61 Å². The fraction of sp³-hybridized carbons (Fsp3) is 0.467. The molecule has 0 bridgehead atoms. The van der Waals surface area contributed by atoms with E-state index in [1.54, 1.807) is 24.6 Å². The number of rotatable bonds is 7. The van der Waals surface area contributed by atoms with Gasteiger partial charge in [0.2, 0.25) is 0 Å². The van der Waals surface area contributed by atoms with Gasteiger partial charge >= 0.3 is 0 Å². The lowest BCUT2D eigenvalue weighted by molar-refractivity contribution is 0.197. The summed E-state index contributed by atoms with van der Waals surface area (Å²) < 4.78 is 6.11. The molecule has 0 fully saturated rings. The summed E-state index contributed by atoms with van der Waals surface area (Å²) in [6, 6.07) is 2.13. The summed E-state index contributed by atoms with van der Waals surface area (Å²) in [4.78, 5) is 10.3. The smallest absolute Gasteiger partial charge is 0.115 e. The van der Waals surface area contributed by atoms with Gasteiger partial charge in [0, 0.05) is 35.4 Å². The van der Waals surface area contributed by atoms with Crippen LogP contribution in [0.1, 0.15) is 34.1 Å². The molecule has 4 nitrogen and oxygen atoms in total. The molecule has 0 aliphatic carbocycles. The Bertz CT molecular complexity index is 588. The van der Waals surface area contributed by atoms with Gasteiger partial charge in [0.1, 0.15) is 5.01 Å². The molecule has 0 radical (unpaired) electrons. The van der Waals surface area contributed by atoms with Crippen LogP contribution < -0.4 is 5.32 Å². The first-order valence-corrected chi connectivity index (χ1v) is 8.55. The monoisotopic (exact) mass is 369 g/mol. The molecule has 6 heteroatoms. The third kappa shape index (κ3) is 4.32. The maximum atomic E-state index is 5.13. The Balaban J connectivity index is 2.30. The molecule has 0 amide bonds. The van der Waals surface area contributed by atoms with Crippen molar-refractivity contribution < 1.29 is 4.74 Å². The van der Waals surface area contributed by atoms with Crippen molar-refractivity contribution in [2.24, 2.45) is 0 Å². The van der Waals surface area contributed by atoms with Gasteiger partial charge in [-0.25, -0.2) is 4.98 Å². The minimum absolute atomic E-state index is 0.0501. The highest BCUT2D eigenvalue weighted by Gasteiger charge is 2.19. The molecule has 2 rings (SSSR count). The molecule has 0 saturated heterocycles. The second-order valence-corrected chi connectivity index (χ2v) is 6.88. The minimum Gasteiger partial charge on any atom is -0.383 e. The van der Waals surface area contributed by atoms with Crippen molar-refractivity contribution in [2.75, 3.05) is 20.3 Å². The van der Waals surface area contributed by atoms with Crippen LogP contribution in [0.25, 0.3) is 0 Å². The molecular formula is C15H20BrN3OS. The second kappa shape index (κ2) is 7.98. The average Bonchev–Trinajstić information content (AvgIpc) is 2.84. The number of nitrogens with one attached hydrogen (secondary N) is 1. The van der Waals surface area contributed by atoms with E-state index in [1.165, 1.54) is 10.6 Å². The SMILES string of the molecule is CCc1nc(C(NCCOC)c2cncc(Br)c2)sc1C. The maximum Gasteiger partial charge on any atom is 0.115 e. The van der Waals surface area contributed by atoms with Crippen LogP contribution in [0.5, 0.6) is 0 Å². The normalized spacial score (nSPS) is 12.6. The number of thiazole rings is 1. The van der Waals surface area contributed by atoms with Crippen LogP contribution in [0.3, 0.4) is 0 Å². The van der Waals surface area contributed by atoms with E-state index >= 15 is 0 Å². The van der Waals surface area contributed by atoms with Crippen molar-refractivity contribution in [3.8, 4) is 0 Å². The van der Waals surface area contributed by atoms with Gasteiger partial charge in [-0.2, -0.15) is 0 Å². The van der Waals surface area contributed by atoms with E-state index in [1.807, 2.05) is 6.20 Å². The van der Waals surface area contributed by atoms with Crippen molar-refractivity contribution in [2.45, 2.75) is 26.3 Å². The van der Waals surface area contributed by atoms with E-state index in [4.69, 9.17) is 9.72 Å². The Morgan fingerprint density at radius 3 is 2.86 bits per heavy atom. The molecule has 2 aromatic heterocycles. The van der Waals surface area contributed by atoms with Gasteiger partial charge in [-0.15, -0.1) is 11.3 Å². The van der Waals surface area contributed by atoms with Crippen molar-refractivity contribution in [3.63, 3.8) is 0 Å². The van der Waals surface area contributed by atoms with Crippen LogP contribution >= 0.6 is 27.3 Å². The molecule has 1 unspecified atom stereocenters. The summed E-state index contributed by atoms with van der Waals surface area (Å²) >= 11 is 5.23. The van der Waals surface area contributed by atoms with Gasteiger partial charge in [0.05, 0.1) is 18.3 Å². The van der Waals surface area contributed by atoms with Crippen molar-refractivity contribution in [1.29, 1.82) is 0 Å². The maximum absolute atomic E-state index is 5.13. The summed E-state index contributed by atoms with van der Waals surface area (Å²) in [6.07, 6.45) is 4.64. The molecule has 0 saturated carbocycles. The molecule has 2 heterocycles. The van der Waals surface area contributed by atoms with E-state index in [9.17, 15) is 0 Å². The van der Waals surface area contributed by atoms with Crippen molar-refractivity contribution >= 4 is 27.3 Å². The molecule has 0 aliphatic rings. The molecular weight excluding hydrogens is 350 g/mol. The predicted octanol–water partition coefficient (Wildman–Crippen LogP) is 3.50. The number of halogens is 1. The number of nitrogens with zero attached hydrogens (tertiary/aromatic N) is 2. The van der Waals surface area contributed by atoms with Gasteiger partial charge < -0.3 is 10.1 Å². The lowest BCUT2D eigenvalue weighted by Crippen LogP contribution is -2.26. The fourth-order valence-electron chi connectivity index (χ4n) is 2.14. The van der Waals surface area contributed by atoms with Gasteiger partial charge in [-0.05, 0) is 40.9 Å². The standard InChI is InChI=1S/C15H20BrN3OS/c1-4-13-10(2)21-15(19-13)14(18-5-6-20-3)11-7-12(16)9-17-8-11/h7-9,14,18H,4-6H2,1-3H3. The first kappa shape index (κ1) is 16.5. The van der Waals surface area contributed by atoms with Gasteiger partial charge in [0.25, 0.3) is 0 Å². The van der Waals surface area contributed by atoms with Crippen LogP contribution in [0.15, 0.2) is 22.9 Å². The summed E-state index contributed by atoms with van der Waals surface area (Å²) in [7, 11) is 1.71. The Morgan fingerprint density at radius 1 is 1.43 bits per heavy atom. The lowest BCUT2D eigenvalue weighted by Gasteiger charge is -2.16. The van der Waals surface area contributed by atoms with E-state index in [-0.39, 0.29) is 6.04 Å². The van der Waals surface area contributed by atoms with Crippen LogP contribution in [0.2, 0.25) is 0 Å². The Morgan fingerprint density at radius 2 is 2.24 bits per heavy atom. The highest BCUT2D eigenvalue weighted by molar-refractivity contribution is 9.10. The predicted molar refractivity (Wildman–Crippen MR) is 89.9 cm³/mol. The summed E-state index contributed by atoms with van der Waals surface area (Å²) in [6.45, 7) is 5.71. The summed E-state index contributed by atoms with van der Waals surface area (Å²) in [5.41, 5.74) is 2.29. The van der Waals surface area contributed by atoms with Gasteiger partial charge in [0.15, 0.2) is 0 Å². The quantitative estimate of drug-likeness (QED) is 0.758. The highest BCUT2D eigenvalue weighted by Crippen LogP contribution is 2.29. The molecule has 0 aliphatic heterocycles. The first-order chi connectivity index (χ1) is 10.2. The highest BCUT2D eigenvalue weighted by atomic mass is 79.9. The Kier molecular flexibility index (Phi) is 6.29. The topological polar surface area (TPSA) is 47.0 Å². The van der Waals surface area contributed by atoms with Crippen LogP contribution in [0.4, 0.5) is 0 Å². The zero-order valence-corrected chi connectivity index (χ0v) is 14.9. The number of aromatic nitrogens is 2. The van der Waals surface area contributed by atoms with Crippen molar-refractivity contribution in [3.05, 3.63) is 44.1 Å². The molecule has 21 heavy (non-hydrogen) atoms. The molecule has 114 valence electrons. The summed E-state index contributed by atoms with van der Waals surface area (Å²) in [5.74, 6) is 0. The number of hydrogen-bond donors (Lipinski definition) is 1. The zero-order valence-electron chi connectivity index (χ0n) is 12.5. The number of aryl methyl sites for hydroxylation is 2. The largest absolute Gasteiger partial charge is 0.383 e. The molecule has 1 atom stereocenters. The van der Waals surface area contributed by atoms with Crippen LogP contribution in [-0.4, -0.2) is 30.2 Å².